The van der Waals surface area contributed by atoms with Crippen LogP contribution in [0, 0.1) is 12.3 Å². The summed E-state index contributed by atoms with van der Waals surface area (Å²) in [5.74, 6) is 1.85. The third kappa shape index (κ3) is 6.50. The lowest BCUT2D eigenvalue weighted by Crippen LogP contribution is -2.31. The van der Waals surface area contributed by atoms with Crippen LogP contribution < -0.4 is 10.0 Å². The van der Waals surface area contributed by atoms with E-state index in [0.29, 0.717) is 32.5 Å². The van der Waals surface area contributed by atoms with E-state index in [9.17, 15) is 18.0 Å². The second-order valence-electron chi connectivity index (χ2n) is 5.48. The lowest BCUT2D eigenvalue weighted by atomic mass is 10.2. The van der Waals surface area contributed by atoms with Crippen LogP contribution in [0.1, 0.15) is 37.0 Å². The molecule has 0 saturated heterocycles. The van der Waals surface area contributed by atoms with Crippen LogP contribution in [0.3, 0.4) is 0 Å². The van der Waals surface area contributed by atoms with Crippen molar-refractivity contribution in [3.05, 3.63) is 29.8 Å². The van der Waals surface area contributed by atoms with Gasteiger partial charge in [0.15, 0.2) is 0 Å². The molecule has 0 saturated carbocycles. The van der Waals surface area contributed by atoms with Crippen molar-refractivity contribution in [1.82, 2.24) is 14.9 Å². The van der Waals surface area contributed by atoms with E-state index < -0.39 is 15.9 Å². The molecule has 1 rings (SSSR count). The fourth-order valence-electron chi connectivity index (χ4n) is 2.30. The van der Waals surface area contributed by atoms with Crippen molar-refractivity contribution < 1.29 is 18.0 Å². The molecule has 2 N–H and O–H groups in total. The van der Waals surface area contributed by atoms with E-state index >= 15 is 0 Å². The van der Waals surface area contributed by atoms with Gasteiger partial charge in [-0.25, -0.2) is 8.42 Å². The van der Waals surface area contributed by atoms with Crippen LogP contribution in [0.15, 0.2) is 29.2 Å². The van der Waals surface area contributed by atoms with E-state index in [1.165, 1.54) is 24.3 Å². The summed E-state index contributed by atoms with van der Waals surface area (Å²) >= 11 is 0. The molecule has 0 aromatic heterocycles. The van der Waals surface area contributed by atoms with E-state index in [0.717, 1.165) is 0 Å². The molecule has 7 nitrogen and oxygen atoms in total. The van der Waals surface area contributed by atoms with Crippen molar-refractivity contribution in [2.45, 2.75) is 31.6 Å². The van der Waals surface area contributed by atoms with Crippen molar-refractivity contribution in [2.75, 3.05) is 26.2 Å². The molecule has 0 spiro atoms. The zero-order valence-corrected chi connectivity index (χ0v) is 15.9. The van der Waals surface area contributed by atoms with Gasteiger partial charge in [-0.05, 0) is 38.5 Å². The predicted octanol–water partition coefficient (Wildman–Crippen LogP) is 0.977. The number of hydrogen-bond acceptors (Lipinski definition) is 4. The van der Waals surface area contributed by atoms with Crippen LogP contribution in [-0.4, -0.2) is 51.3 Å². The predicted molar refractivity (Wildman–Crippen MR) is 100.0 cm³/mol. The van der Waals surface area contributed by atoms with Gasteiger partial charge < -0.3 is 10.2 Å². The summed E-state index contributed by atoms with van der Waals surface area (Å²) in [6, 6.07) is 5.69. The number of rotatable bonds is 10. The maximum absolute atomic E-state index is 12.2. The summed E-state index contributed by atoms with van der Waals surface area (Å²) in [5.41, 5.74) is 0.226. The Morgan fingerprint density at radius 3 is 2.54 bits per heavy atom. The fourth-order valence-corrected chi connectivity index (χ4v) is 3.28. The first-order valence-electron chi connectivity index (χ1n) is 8.44. The van der Waals surface area contributed by atoms with Gasteiger partial charge in [0.25, 0.3) is 5.91 Å². The van der Waals surface area contributed by atoms with Gasteiger partial charge in [-0.15, -0.1) is 6.42 Å². The van der Waals surface area contributed by atoms with Crippen LogP contribution in [0.5, 0.6) is 0 Å². The van der Waals surface area contributed by atoms with Crippen LogP contribution in [-0.2, 0) is 14.8 Å². The molecule has 0 heterocycles. The van der Waals surface area contributed by atoms with E-state index in [1.54, 1.807) is 4.90 Å². The highest BCUT2D eigenvalue weighted by Crippen LogP contribution is 2.11. The molecule has 0 unspecified atom stereocenters. The molecular formula is C18H25N3O4S. The molecule has 1 aromatic carbocycles. The number of nitrogens with one attached hydrogen (secondary N) is 2. The standard InChI is InChI=1S/C18H25N3O4S/c1-4-12-20-26(24,25)16-10-7-9-15(14-16)18(23)19-13-8-11-17(22)21(5-2)6-3/h1,7,9-10,14,20H,5-6,8,11-13H2,2-3H3,(H,19,23). The Morgan fingerprint density at radius 2 is 1.92 bits per heavy atom. The summed E-state index contributed by atoms with van der Waals surface area (Å²) in [7, 11) is -3.75. The monoisotopic (exact) mass is 379 g/mol. The minimum atomic E-state index is -3.75. The minimum absolute atomic E-state index is 0.0305. The molecule has 0 bridgehead atoms. The highest BCUT2D eigenvalue weighted by Gasteiger charge is 2.15. The molecule has 142 valence electrons. The van der Waals surface area contributed by atoms with Gasteiger partial charge in [0, 0.05) is 31.6 Å². The molecule has 0 radical (unpaired) electrons. The van der Waals surface area contributed by atoms with Crippen LogP contribution in [0.4, 0.5) is 0 Å². The summed E-state index contributed by atoms with van der Waals surface area (Å²) in [4.78, 5) is 25.8. The van der Waals surface area contributed by atoms with E-state index in [1.807, 2.05) is 13.8 Å². The summed E-state index contributed by atoms with van der Waals surface area (Å²) in [5, 5.41) is 2.69. The molecule has 0 fully saturated rings. The molecule has 0 aliphatic rings. The normalized spacial score (nSPS) is 10.8. The van der Waals surface area contributed by atoms with Crippen molar-refractivity contribution in [3.8, 4) is 12.3 Å². The Balaban J connectivity index is 2.60. The Bertz CT molecular complexity index is 765. The second-order valence-corrected chi connectivity index (χ2v) is 7.25. The zero-order chi connectivity index (χ0) is 19.6. The summed E-state index contributed by atoms with van der Waals surface area (Å²) in [6.07, 6.45) is 5.92. The number of sulfonamides is 1. The third-order valence-corrected chi connectivity index (χ3v) is 5.14. The van der Waals surface area contributed by atoms with Crippen molar-refractivity contribution in [3.63, 3.8) is 0 Å². The second kappa shape index (κ2) is 10.6. The van der Waals surface area contributed by atoms with E-state index in [2.05, 4.69) is 16.0 Å². The SMILES string of the molecule is C#CCNS(=O)(=O)c1cccc(C(=O)NCCCC(=O)N(CC)CC)c1. The number of terminal acetylenes is 1. The van der Waals surface area contributed by atoms with Gasteiger partial charge in [-0.1, -0.05) is 12.0 Å². The Morgan fingerprint density at radius 1 is 1.23 bits per heavy atom. The van der Waals surface area contributed by atoms with Crippen LogP contribution >= 0.6 is 0 Å². The first-order chi connectivity index (χ1) is 12.4. The van der Waals surface area contributed by atoms with Gasteiger partial charge in [-0.3, -0.25) is 9.59 Å². The molecule has 0 aliphatic heterocycles. The topological polar surface area (TPSA) is 95.6 Å². The van der Waals surface area contributed by atoms with Gasteiger partial charge in [0.1, 0.15) is 0 Å². The van der Waals surface area contributed by atoms with E-state index in [-0.39, 0.29) is 22.9 Å². The van der Waals surface area contributed by atoms with Gasteiger partial charge >= 0.3 is 0 Å². The average Bonchev–Trinajstić information content (AvgIpc) is 2.64. The van der Waals surface area contributed by atoms with E-state index in [4.69, 9.17) is 6.42 Å². The lowest BCUT2D eigenvalue weighted by molar-refractivity contribution is -0.130. The minimum Gasteiger partial charge on any atom is -0.352 e. The largest absolute Gasteiger partial charge is 0.352 e. The molecule has 0 aliphatic carbocycles. The highest BCUT2D eigenvalue weighted by molar-refractivity contribution is 7.89. The van der Waals surface area contributed by atoms with Crippen molar-refractivity contribution in [2.24, 2.45) is 0 Å². The lowest BCUT2D eigenvalue weighted by Gasteiger charge is -2.18. The average molecular weight is 379 g/mol. The highest BCUT2D eigenvalue weighted by atomic mass is 32.2. The fraction of sp³-hybridized carbons (Fsp3) is 0.444. The maximum atomic E-state index is 12.2. The molecule has 0 atom stereocenters. The number of benzene rings is 1. The van der Waals surface area contributed by atoms with Gasteiger partial charge in [0.05, 0.1) is 11.4 Å². The van der Waals surface area contributed by atoms with Crippen molar-refractivity contribution in [1.29, 1.82) is 0 Å². The Hall–Kier alpha value is -2.37. The number of hydrogen-bond donors (Lipinski definition) is 2. The Kier molecular flexibility index (Phi) is 8.82. The first kappa shape index (κ1) is 21.7. The molecule has 1 aromatic rings. The maximum Gasteiger partial charge on any atom is 0.251 e. The molecule has 26 heavy (non-hydrogen) atoms. The third-order valence-electron chi connectivity index (χ3n) is 3.74. The van der Waals surface area contributed by atoms with Crippen LogP contribution in [0.25, 0.3) is 0 Å². The zero-order valence-electron chi connectivity index (χ0n) is 15.1. The first-order valence-corrected chi connectivity index (χ1v) is 9.93. The molecule has 8 heteroatoms. The number of nitrogens with zero attached hydrogens (tertiary/aromatic N) is 1. The summed E-state index contributed by atoms with van der Waals surface area (Å²) < 4.78 is 26.3. The van der Waals surface area contributed by atoms with Crippen LogP contribution in [0.2, 0.25) is 0 Å². The number of amides is 2. The smallest absolute Gasteiger partial charge is 0.251 e. The molecule has 2 amide bonds. The Labute approximate surface area is 155 Å². The van der Waals surface area contributed by atoms with Gasteiger partial charge in [-0.2, -0.15) is 4.72 Å². The number of carbonyl (C=O) groups excluding carboxylic acids is 2. The summed E-state index contributed by atoms with van der Waals surface area (Å²) in [6.45, 7) is 5.37. The number of carbonyl (C=O) groups is 2. The molecular weight excluding hydrogens is 354 g/mol. The van der Waals surface area contributed by atoms with Gasteiger partial charge in [0.2, 0.25) is 15.9 Å². The van der Waals surface area contributed by atoms with Crippen molar-refractivity contribution >= 4 is 21.8 Å². The quantitative estimate of drug-likeness (QED) is 0.468.